The molecular weight excluding hydrogens is 190 g/mol. The molecule has 0 aliphatic carbocycles. The van der Waals surface area contributed by atoms with Gasteiger partial charge in [0.15, 0.2) is 0 Å². The van der Waals surface area contributed by atoms with E-state index in [1.165, 1.54) is 25.9 Å². The van der Waals surface area contributed by atoms with Gasteiger partial charge in [0.2, 0.25) is 0 Å². The fraction of sp³-hybridized carbons (Fsp3) is 1.00. The van der Waals surface area contributed by atoms with Crippen molar-refractivity contribution >= 4 is 0 Å². The summed E-state index contributed by atoms with van der Waals surface area (Å²) in [6.45, 7) is 11.5. The van der Waals surface area contributed by atoms with Crippen molar-refractivity contribution < 1.29 is 9.47 Å². The van der Waals surface area contributed by atoms with Gasteiger partial charge in [-0.3, -0.25) is 4.90 Å². The van der Waals surface area contributed by atoms with Crippen molar-refractivity contribution in [2.75, 3.05) is 33.1 Å². The lowest BCUT2D eigenvalue weighted by Crippen LogP contribution is -2.52. The van der Waals surface area contributed by atoms with Gasteiger partial charge in [-0.2, -0.15) is 0 Å². The first kappa shape index (κ1) is 11.4. The Morgan fingerprint density at radius 2 is 1.53 bits per heavy atom. The van der Waals surface area contributed by atoms with E-state index in [-0.39, 0.29) is 0 Å². The molecule has 2 rings (SSSR count). The number of nitrogens with zero attached hydrogens (tertiary/aromatic N) is 1. The van der Waals surface area contributed by atoms with E-state index in [2.05, 4.69) is 25.7 Å². The quantitative estimate of drug-likeness (QED) is 0.613. The van der Waals surface area contributed by atoms with Gasteiger partial charge in [0.25, 0.3) is 0 Å². The summed E-state index contributed by atoms with van der Waals surface area (Å²) in [5, 5.41) is 0. The first-order valence-corrected chi connectivity index (χ1v) is 5.92. The molecule has 1 spiro atoms. The molecule has 0 aromatic rings. The molecule has 15 heavy (non-hydrogen) atoms. The van der Waals surface area contributed by atoms with E-state index in [4.69, 9.17) is 9.47 Å². The molecular formula is C12H23NO2. The minimum atomic E-state index is 0.304. The molecule has 2 fully saturated rings. The van der Waals surface area contributed by atoms with Crippen LogP contribution < -0.4 is 0 Å². The Hall–Kier alpha value is -0.120. The Labute approximate surface area is 92.7 Å². The van der Waals surface area contributed by atoms with E-state index >= 15 is 0 Å². The zero-order valence-electron chi connectivity index (χ0n) is 10.2. The summed E-state index contributed by atoms with van der Waals surface area (Å²) >= 11 is 0. The average molecular weight is 213 g/mol. The van der Waals surface area contributed by atoms with Crippen LogP contribution in [0.3, 0.4) is 0 Å². The topological polar surface area (TPSA) is 21.7 Å². The molecule has 0 amide bonds. The third-order valence-corrected chi connectivity index (χ3v) is 3.76. The van der Waals surface area contributed by atoms with Crippen LogP contribution in [0.2, 0.25) is 0 Å². The molecule has 0 bridgehead atoms. The van der Waals surface area contributed by atoms with Crippen LogP contribution >= 0.6 is 0 Å². The first-order valence-electron chi connectivity index (χ1n) is 5.92. The van der Waals surface area contributed by atoms with Gasteiger partial charge >= 0.3 is 0 Å². The maximum Gasteiger partial charge on any atom is 0.146 e. The number of rotatable bonds is 0. The normalized spacial score (nSPS) is 28.2. The highest BCUT2D eigenvalue weighted by Crippen LogP contribution is 2.36. The molecule has 0 unspecified atom stereocenters. The van der Waals surface area contributed by atoms with Crippen LogP contribution in [0.1, 0.15) is 33.6 Å². The lowest BCUT2D eigenvalue weighted by Gasteiger charge is -2.47. The molecule has 2 heterocycles. The van der Waals surface area contributed by atoms with Crippen LogP contribution in [0.25, 0.3) is 0 Å². The minimum Gasteiger partial charge on any atom is -0.355 e. The molecule has 0 N–H and O–H groups in total. The molecule has 0 radical (unpaired) electrons. The van der Waals surface area contributed by atoms with Crippen molar-refractivity contribution in [3.8, 4) is 0 Å². The lowest BCUT2D eigenvalue weighted by molar-refractivity contribution is -0.180. The van der Waals surface area contributed by atoms with E-state index in [0.717, 1.165) is 13.2 Å². The SMILES string of the molecule is CC(C)(C)N1CCC2(CC1)COCOC2. The molecule has 0 atom stereocenters. The predicted molar refractivity (Wildman–Crippen MR) is 59.8 cm³/mol. The van der Waals surface area contributed by atoms with Gasteiger partial charge in [-0.25, -0.2) is 0 Å². The van der Waals surface area contributed by atoms with Crippen LogP contribution in [0.4, 0.5) is 0 Å². The van der Waals surface area contributed by atoms with Crippen molar-refractivity contribution in [2.45, 2.75) is 39.2 Å². The van der Waals surface area contributed by atoms with Gasteiger partial charge in [0.1, 0.15) is 6.79 Å². The third kappa shape index (κ3) is 2.52. The molecule has 2 aliphatic rings. The van der Waals surface area contributed by atoms with Crippen LogP contribution in [-0.2, 0) is 9.47 Å². The Kier molecular flexibility index (Phi) is 3.06. The Morgan fingerprint density at radius 3 is 2.00 bits per heavy atom. The number of hydrogen-bond donors (Lipinski definition) is 0. The molecule has 3 heteroatoms. The molecule has 2 aliphatic heterocycles. The fourth-order valence-electron chi connectivity index (χ4n) is 2.56. The summed E-state index contributed by atoms with van der Waals surface area (Å²) in [5.74, 6) is 0. The van der Waals surface area contributed by atoms with Crippen molar-refractivity contribution in [1.82, 2.24) is 4.90 Å². The zero-order chi connectivity index (χ0) is 10.9. The number of likely N-dealkylation sites (tertiary alicyclic amines) is 1. The summed E-state index contributed by atoms with van der Waals surface area (Å²) in [6, 6.07) is 0. The second-order valence-corrected chi connectivity index (χ2v) is 5.97. The highest BCUT2D eigenvalue weighted by molar-refractivity contribution is 4.90. The average Bonchev–Trinajstić information content (AvgIpc) is 2.18. The van der Waals surface area contributed by atoms with Gasteiger partial charge < -0.3 is 9.47 Å². The summed E-state index contributed by atoms with van der Waals surface area (Å²) < 4.78 is 10.9. The van der Waals surface area contributed by atoms with E-state index in [1.807, 2.05) is 0 Å². The number of hydrogen-bond acceptors (Lipinski definition) is 3. The van der Waals surface area contributed by atoms with Crippen LogP contribution in [0, 0.1) is 5.41 Å². The zero-order valence-corrected chi connectivity index (χ0v) is 10.2. The molecule has 88 valence electrons. The Bertz CT molecular complexity index is 206. The second kappa shape index (κ2) is 4.04. The van der Waals surface area contributed by atoms with Gasteiger partial charge in [-0.1, -0.05) is 0 Å². The molecule has 0 aromatic carbocycles. The minimum absolute atomic E-state index is 0.304. The van der Waals surface area contributed by atoms with E-state index in [9.17, 15) is 0 Å². The van der Waals surface area contributed by atoms with E-state index in [1.54, 1.807) is 0 Å². The van der Waals surface area contributed by atoms with Gasteiger partial charge in [0.05, 0.1) is 13.2 Å². The summed E-state index contributed by atoms with van der Waals surface area (Å²) in [6.07, 6.45) is 2.43. The predicted octanol–water partition coefficient (Wildman–Crippen LogP) is 1.87. The standard InChI is InChI=1S/C12H23NO2/c1-11(2,3)13-6-4-12(5-7-13)8-14-10-15-9-12/h4-10H2,1-3H3. The second-order valence-electron chi connectivity index (χ2n) is 5.97. The number of ether oxygens (including phenoxy) is 2. The lowest BCUT2D eigenvalue weighted by atomic mass is 9.78. The summed E-state index contributed by atoms with van der Waals surface area (Å²) in [7, 11) is 0. The summed E-state index contributed by atoms with van der Waals surface area (Å²) in [4.78, 5) is 2.56. The van der Waals surface area contributed by atoms with E-state index in [0.29, 0.717) is 17.7 Å². The third-order valence-electron chi connectivity index (χ3n) is 3.76. The maximum absolute atomic E-state index is 5.44. The summed E-state index contributed by atoms with van der Waals surface area (Å²) in [5.41, 5.74) is 0.623. The first-order chi connectivity index (χ1) is 7.02. The van der Waals surface area contributed by atoms with E-state index < -0.39 is 0 Å². The highest BCUT2D eigenvalue weighted by atomic mass is 16.7. The van der Waals surface area contributed by atoms with Gasteiger partial charge in [-0.05, 0) is 46.7 Å². The Balaban J connectivity index is 1.91. The van der Waals surface area contributed by atoms with Crippen LogP contribution in [0.5, 0.6) is 0 Å². The van der Waals surface area contributed by atoms with Crippen molar-refractivity contribution in [2.24, 2.45) is 5.41 Å². The van der Waals surface area contributed by atoms with Crippen molar-refractivity contribution in [3.05, 3.63) is 0 Å². The van der Waals surface area contributed by atoms with Gasteiger partial charge in [-0.15, -0.1) is 0 Å². The maximum atomic E-state index is 5.44. The van der Waals surface area contributed by atoms with Crippen molar-refractivity contribution in [1.29, 1.82) is 0 Å². The molecule has 3 nitrogen and oxygen atoms in total. The van der Waals surface area contributed by atoms with Crippen molar-refractivity contribution in [3.63, 3.8) is 0 Å². The van der Waals surface area contributed by atoms with Gasteiger partial charge in [0, 0.05) is 11.0 Å². The molecule has 0 aromatic heterocycles. The Morgan fingerprint density at radius 1 is 1.00 bits per heavy atom. The molecule has 2 saturated heterocycles. The fourth-order valence-corrected chi connectivity index (χ4v) is 2.56. The van der Waals surface area contributed by atoms with Crippen LogP contribution in [-0.4, -0.2) is 43.5 Å². The number of piperidine rings is 1. The largest absolute Gasteiger partial charge is 0.355 e. The molecule has 0 saturated carbocycles. The monoisotopic (exact) mass is 213 g/mol. The smallest absolute Gasteiger partial charge is 0.146 e. The van der Waals surface area contributed by atoms with Crippen LogP contribution in [0.15, 0.2) is 0 Å². The highest BCUT2D eigenvalue weighted by Gasteiger charge is 2.39.